The van der Waals surface area contributed by atoms with Gasteiger partial charge in [-0.1, -0.05) is 29.8 Å². The molecule has 1 saturated heterocycles. The summed E-state index contributed by atoms with van der Waals surface area (Å²) in [5.41, 5.74) is 2.09. The first kappa shape index (κ1) is 19.4. The smallest absolute Gasteiger partial charge is 0.337 e. The lowest BCUT2D eigenvalue weighted by Crippen LogP contribution is -2.44. The number of benzene rings is 2. The maximum Gasteiger partial charge on any atom is 0.337 e. The number of hydrogen-bond donors (Lipinski definition) is 1. The Kier molecular flexibility index (Phi) is 6.48. The molecule has 0 unspecified atom stereocenters. The van der Waals surface area contributed by atoms with Crippen molar-refractivity contribution in [3.8, 4) is 0 Å². The predicted octanol–water partition coefficient (Wildman–Crippen LogP) is 3.52. The minimum absolute atomic E-state index is 0.140. The summed E-state index contributed by atoms with van der Waals surface area (Å²) in [4.78, 5) is 26.5. The van der Waals surface area contributed by atoms with Crippen molar-refractivity contribution in [3.63, 3.8) is 0 Å². The van der Waals surface area contributed by atoms with Crippen LogP contribution in [0.3, 0.4) is 0 Å². The van der Waals surface area contributed by atoms with E-state index < -0.39 is 5.97 Å². The predicted molar refractivity (Wildman–Crippen MR) is 105 cm³/mol. The van der Waals surface area contributed by atoms with E-state index in [9.17, 15) is 9.59 Å². The molecule has 1 aliphatic rings. The Labute approximate surface area is 164 Å². The molecule has 0 aromatic heterocycles. The van der Waals surface area contributed by atoms with E-state index >= 15 is 0 Å². The Hall–Kier alpha value is -2.37. The molecule has 2 aromatic carbocycles. The summed E-state index contributed by atoms with van der Waals surface area (Å²) in [6.45, 7) is 2.74. The molecule has 0 saturated carbocycles. The Morgan fingerprint density at radius 3 is 2.44 bits per heavy atom. The average Bonchev–Trinajstić information content (AvgIpc) is 2.70. The van der Waals surface area contributed by atoms with Crippen molar-refractivity contribution < 1.29 is 14.3 Å². The molecule has 1 N–H and O–H groups in total. The van der Waals surface area contributed by atoms with Crippen LogP contribution in [0.4, 0.5) is 0 Å². The minimum Gasteiger partial charge on any atom is -0.465 e. The standard InChI is InChI=1S/C21H23ClN2O3/c1-27-21(26)17-4-2-3-16(13-17)20(25)23-19-9-11-24(12-10-19)14-15-5-7-18(22)8-6-15/h2-8,13,19H,9-12,14H2,1H3,(H,23,25). The Morgan fingerprint density at radius 1 is 1.11 bits per heavy atom. The Morgan fingerprint density at radius 2 is 1.78 bits per heavy atom. The van der Waals surface area contributed by atoms with E-state index in [1.165, 1.54) is 12.7 Å². The van der Waals surface area contributed by atoms with Crippen LogP contribution in [-0.2, 0) is 11.3 Å². The first-order valence-electron chi connectivity index (χ1n) is 9.01. The highest BCUT2D eigenvalue weighted by Gasteiger charge is 2.21. The number of ether oxygens (including phenoxy) is 1. The second kappa shape index (κ2) is 9.02. The van der Waals surface area contributed by atoms with Crippen LogP contribution < -0.4 is 5.32 Å². The molecule has 0 atom stereocenters. The van der Waals surface area contributed by atoms with Gasteiger partial charge in [0.2, 0.25) is 0 Å². The van der Waals surface area contributed by atoms with Crippen molar-refractivity contribution >= 4 is 23.5 Å². The number of esters is 1. The number of amides is 1. The fourth-order valence-electron chi connectivity index (χ4n) is 3.26. The third-order valence-corrected chi connectivity index (χ3v) is 5.04. The minimum atomic E-state index is -0.444. The zero-order valence-corrected chi connectivity index (χ0v) is 16.0. The van der Waals surface area contributed by atoms with Gasteiger partial charge in [0, 0.05) is 36.3 Å². The molecule has 2 aromatic rings. The Bertz CT molecular complexity index is 799. The summed E-state index contributed by atoms with van der Waals surface area (Å²) >= 11 is 5.93. The van der Waals surface area contributed by atoms with Gasteiger partial charge >= 0.3 is 5.97 Å². The lowest BCUT2D eigenvalue weighted by atomic mass is 10.0. The number of carbonyl (C=O) groups is 2. The van der Waals surface area contributed by atoms with Crippen LogP contribution in [0.1, 0.15) is 39.1 Å². The summed E-state index contributed by atoms with van der Waals surface area (Å²) in [6, 6.07) is 14.6. The zero-order valence-electron chi connectivity index (χ0n) is 15.3. The van der Waals surface area contributed by atoms with E-state index in [1.54, 1.807) is 24.3 Å². The van der Waals surface area contributed by atoms with Crippen molar-refractivity contribution in [1.29, 1.82) is 0 Å². The van der Waals surface area contributed by atoms with Gasteiger partial charge in [0.05, 0.1) is 12.7 Å². The second-order valence-electron chi connectivity index (χ2n) is 6.72. The summed E-state index contributed by atoms with van der Waals surface area (Å²) in [7, 11) is 1.33. The first-order chi connectivity index (χ1) is 13.0. The summed E-state index contributed by atoms with van der Waals surface area (Å²) in [5, 5.41) is 3.82. The number of rotatable bonds is 5. The van der Waals surface area contributed by atoms with E-state index in [0.717, 1.165) is 37.5 Å². The van der Waals surface area contributed by atoms with Gasteiger partial charge in [-0.15, -0.1) is 0 Å². The van der Waals surface area contributed by atoms with E-state index in [2.05, 4.69) is 10.2 Å². The highest BCUT2D eigenvalue weighted by molar-refractivity contribution is 6.30. The third kappa shape index (κ3) is 5.31. The maximum atomic E-state index is 12.5. The SMILES string of the molecule is COC(=O)c1cccc(C(=O)NC2CCN(Cc3ccc(Cl)cc3)CC2)c1. The van der Waals surface area contributed by atoms with E-state index in [-0.39, 0.29) is 11.9 Å². The summed E-state index contributed by atoms with van der Waals surface area (Å²) in [6.07, 6.45) is 1.80. The molecular weight excluding hydrogens is 364 g/mol. The van der Waals surface area contributed by atoms with Gasteiger partial charge in [0.15, 0.2) is 0 Å². The largest absolute Gasteiger partial charge is 0.465 e. The molecule has 1 aliphatic heterocycles. The van der Waals surface area contributed by atoms with Crippen LogP contribution in [-0.4, -0.2) is 43.0 Å². The molecule has 6 heteroatoms. The second-order valence-corrected chi connectivity index (χ2v) is 7.16. The summed E-state index contributed by atoms with van der Waals surface area (Å²) in [5.74, 6) is -0.600. The van der Waals surface area contributed by atoms with Crippen LogP contribution in [0.2, 0.25) is 5.02 Å². The number of nitrogens with one attached hydrogen (secondary N) is 1. The molecule has 5 nitrogen and oxygen atoms in total. The summed E-state index contributed by atoms with van der Waals surface area (Å²) < 4.78 is 4.70. The molecule has 1 amide bonds. The maximum absolute atomic E-state index is 12.5. The average molecular weight is 387 g/mol. The van der Waals surface area contributed by atoms with Gasteiger partial charge in [-0.25, -0.2) is 4.79 Å². The van der Waals surface area contributed by atoms with Gasteiger partial charge in [-0.05, 0) is 48.7 Å². The third-order valence-electron chi connectivity index (χ3n) is 4.79. The molecular formula is C21H23ClN2O3. The van der Waals surface area contributed by atoms with Crippen LogP contribution in [0.25, 0.3) is 0 Å². The molecule has 0 radical (unpaired) electrons. The highest BCUT2D eigenvalue weighted by atomic mass is 35.5. The van der Waals surface area contributed by atoms with Gasteiger partial charge < -0.3 is 10.1 Å². The lowest BCUT2D eigenvalue weighted by Gasteiger charge is -2.32. The van der Waals surface area contributed by atoms with Crippen molar-refractivity contribution in [3.05, 3.63) is 70.2 Å². The Balaban J connectivity index is 1.50. The van der Waals surface area contributed by atoms with Crippen LogP contribution >= 0.6 is 11.6 Å². The normalized spacial score (nSPS) is 15.3. The molecule has 0 bridgehead atoms. The molecule has 1 heterocycles. The molecule has 142 valence electrons. The zero-order chi connectivity index (χ0) is 19.2. The van der Waals surface area contributed by atoms with E-state index in [0.29, 0.717) is 11.1 Å². The number of methoxy groups -OCH3 is 1. The number of likely N-dealkylation sites (tertiary alicyclic amines) is 1. The van der Waals surface area contributed by atoms with E-state index in [4.69, 9.17) is 16.3 Å². The van der Waals surface area contributed by atoms with Crippen LogP contribution in [0.15, 0.2) is 48.5 Å². The number of piperidine rings is 1. The number of nitrogens with zero attached hydrogens (tertiary/aromatic N) is 1. The highest BCUT2D eigenvalue weighted by Crippen LogP contribution is 2.16. The fourth-order valence-corrected chi connectivity index (χ4v) is 3.38. The van der Waals surface area contributed by atoms with E-state index in [1.807, 2.05) is 24.3 Å². The molecule has 1 fully saturated rings. The number of carbonyl (C=O) groups excluding carboxylic acids is 2. The van der Waals surface area contributed by atoms with Gasteiger partial charge in [-0.3, -0.25) is 9.69 Å². The monoisotopic (exact) mass is 386 g/mol. The molecule has 27 heavy (non-hydrogen) atoms. The lowest BCUT2D eigenvalue weighted by molar-refractivity contribution is 0.0600. The molecule has 0 aliphatic carbocycles. The molecule has 0 spiro atoms. The van der Waals surface area contributed by atoms with Crippen LogP contribution in [0.5, 0.6) is 0 Å². The van der Waals surface area contributed by atoms with Crippen LogP contribution in [0, 0.1) is 0 Å². The van der Waals surface area contributed by atoms with Gasteiger partial charge in [0.1, 0.15) is 0 Å². The quantitative estimate of drug-likeness (QED) is 0.799. The van der Waals surface area contributed by atoms with Gasteiger partial charge in [0.25, 0.3) is 5.91 Å². The van der Waals surface area contributed by atoms with Crippen molar-refractivity contribution in [1.82, 2.24) is 10.2 Å². The van der Waals surface area contributed by atoms with Crippen molar-refractivity contribution in [2.45, 2.75) is 25.4 Å². The molecule has 3 rings (SSSR count). The number of halogens is 1. The van der Waals surface area contributed by atoms with Crippen molar-refractivity contribution in [2.24, 2.45) is 0 Å². The van der Waals surface area contributed by atoms with Crippen molar-refractivity contribution in [2.75, 3.05) is 20.2 Å². The fraction of sp³-hybridized carbons (Fsp3) is 0.333. The van der Waals surface area contributed by atoms with Gasteiger partial charge in [-0.2, -0.15) is 0 Å². The first-order valence-corrected chi connectivity index (χ1v) is 9.39. The topological polar surface area (TPSA) is 58.6 Å². The number of hydrogen-bond acceptors (Lipinski definition) is 4.